The number of amides is 2. The summed E-state index contributed by atoms with van der Waals surface area (Å²) in [5.74, 6) is -0.972. The Kier molecular flexibility index (Phi) is 4.76. The third kappa shape index (κ3) is 3.51. The van der Waals surface area contributed by atoms with E-state index >= 15 is 0 Å². The van der Waals surface area contributed by atoms with E-state index in [0.29, 0.717) is 5.69 Å². The highest BCUT2D eigenvalue weighted by atomic mass is 19.4. The van der Waals surface area contributed by atoms with Crippen LogP contribution in [-0.2, 0) is 6.18 Å². The molecule has 154 valence electrons. The molecule has 0 radical (unpaired) electrons. The molecule has 1 atom stereocenters. The van der Waals surface area contributed by atoms with Crippen LogP contribution < -0.4 is 10.2 Å². The first kappa shape index (κ1) is 19.6. The van der Waals surface area contributed by atoms with Gasteiger partial charge in [-0.1, -0.05) is 6.07 Å². The van der Waals surface area contributed by atoms with Crippen LogP contribution in [0.1, 0.15) is 39.5 Å². The monoisotopic (exact) mass is 415 g/mol. The van der Waals surface area contributed by atoms with Crippen molar-refractivity contribution < 1.29 is 22.8 Å². The summed E-state index contributed by atoms with van der Waals surface area (Å²) in [4.78, 5) is 30.9. The van der Waals surface area contributed by atoms with E-state index in [1.165, 1.54) is 40.2 Å². The number of nitrogens with one attached hydrogen (secondary N) is 1. The van der Waals surface area contributed by atoms with Crippen LogP contribution in [0, 0.1) is 0 Å². The van der Waals surface area contributed by atoms with Crippen molar-refractivity contribution >= 4 is 23.2 Å². The molecule has 1 aliphatic heterocycles. The van der Waals surface area contributed by atoms with Gasteiger partial charge in [0.25, 0.3) is 11.8 Å². The van der Waals surface area contributed by atoms with E-state index in [4.69, 9.17) is 0 Å². The lowest BCUT2D eigenvalue weighted by Crippen LogP contribution is -2.43. The first-order valence-electron chi connectivity index (χ1n) is 9.04. The average molecular weight is 415 g/mol. The number of carbonyl (C=O) groups is 2. The molecule has 4 rings (SSSR count). The molecule has 1 aliphatic rings. The van der Waals surface area contributed by atoms with Gasteiger partial charge in [0.2, 0.25) is 0 Å². The largest absolute Gasteiger partial charge is 0.416 e. The van der Waals surface area contributed by atoms with Crippen LogP contribution in [-0.4, -0.2) is 33.1 Å². The van der Waals surface area contributed by atoms with Gasteiger partial charge in [-0.05, 0) is 43.3 Å². The number of halogens is 3. The highest BCUT2D eigenvalue weighted by molar-refractivity contribution is 6.12. The minimum Gasteiger partial charge on any atom is -0.317 e. The molecule has 0 spiro atoms. The lowest BCUT2D eigenvalue weighted by molar-refractivity contribution is -0.137. The van der Waals surface area contributed by atoms with Crippen LogP contribution in [0.3, 0.4) is 0 Å². The minimum absolute atomic E-state index is 0.151. The Balaban J connectivity index is 1.63. The zero-order valence-corrected chi connectivity index (χ0v) is 15.7. The molecule has 3 heterocycles. The Labute approximate surface area is 169 Å². The highest BCUT2D eigenvalue weighted by Crippen LogP contribution is 2.33. The Morgan fingerprint density at radius 3 is 2.53 bits per heavy atom. The molecule has 10 heteroatoms. The molecule has 1 N–H and O–H groups in total. The van der Waals surface area contributed by atoms with Gasteiger partial charge < -0.3 is 10.2 Å². The van der Waals surface area contributed by atoms with Gasteiger partial charge in [-0.2, -0.15) is 18.3 Å². The number of benzene rings is 1. The number of fused-ring (bicyclic) bond motifs is 1. The van der Waals surface area contributed by atoms with Crippen molar-refractivity contribution in [3.63, 3.8) is 0 Å². The fourth-order valence-corrected chi connectivity index (χ4v) is 3.29. The number of pyridine rings is 1. The van der Waals surface area contributed by atoms with Gasteiger partial charge in [0.05, 0.1) is 23.5 Å². The topological polar surface area (TPSA) is 80.1 Å². The first-order chi connectivity index (χ1) is 14.3. The number of nitrogens with zero attached hydrogens (tertiary/aromatic N) is 4. The van der Waals surface area contributed by atoms with Crippen molar-refractivity contribution in [2.45, 2.75) is 19.1 Å². The number of aromatic nitrogens is 3. The molecule has 1 aromatic carbocycles. The SMILES string of the molecule is C[C@H]1CN(c2ccc(C(F)(F)F)cc2)C(=O)c2c(NC(=O)c3ccccn3)cnn21. The molecule has 0 fully saturated rings. The number of hydrogen-bond acceptors (Lipinski definition) is 4. The van der Waals surface area contributed by atoms with Crippen molar-refractivity contribution in [2.24, 2.45) is 0 Å². The standard InChI is InChI=1S/C20H16F3N5O2/c1-12-11-27(14-7-5-13(6-8-14)20(21,22)23)19(30)17-16(10-25-28(12)17)26-18(29)15-4-2-3-9-24-15/h2-10,12H,11H2,1H3,(H,26,29)/t12-/m0/s1. The fraction of sp³-hybridized carbons (Fsp3) is 0.200. The normalized spacial score (nSPS) is 16.3. The molecule has 2 amide bonds. The van der Waals surface area contributed by atoms with E-state index in [9.17, 15) is 22.8 Å². The quantitative estimate of drug-likeness (QED) is 0.706. The zero-order valence-electron chi connectivity index (χ0n) is 15.7. The zero-order chi connectivity index (χ0) is 21.5. The van der Waals surface area contributed by atoms with Crippen LogP contribution in [0.25, 0.3) is 0 Å². The van der Waals surface area contributed by atoms with E-state index in [-0.39, 0.29) is 29.7 Å². The lowest BCUT2D eigenvalue weighted by atomic mass is 10.1. The number of anilines is 2. The van der Waals surface area contributed by atoms with Crippen LogP contribution >= 0.6 is 0 Å². The summed E-state index contributed by atoms with van der Waals surface area (Å²) in [6.45, 7) is 2.05. The van der Waals surface area contributed by atoms with Gasteiger partial charge in [-0.3, -0.25) is 19.3 Å². The van der Waals surface area contributed by atoms with Crippen LogP contribution in [0.2, 0.25) is 0 Å². The van der Waals surface area contributed by atoms with Gasteiger partial charge in [0, 0.05) is 18.4 Å². The van der Waals surface area contributed by atoms with Gasteiger partial charge >= 0.3 is 6.18 Å². The molecule has 0 unspecified atom stereocenters. The fourth-order valence-electron chi connectivity index (χ4n) is 3.29. The molecule has 0 saturated carbocycles. The highest BCUT2D eigenvalue weighted by Gasteiger charge is 2.35. The Hall–Kier alpha value is -3.69. The molecule has 30 heavy (non-hydrogen) atoms. The van der Waals surface area contributed by atoms with Gasteiger partial charge in [0.1, 0.15) is 5.69 Å². The van der Waals surface area contributed by atoms with E-state index in [1.807, 2.05) is 6.92 Å². The Morgan fingerprint density at radius 1 is 1.17 bits per heavy atom. The maximum atomic E-state index is 13.1. The van der Waals surface area contributed by atoms with E-state index in [1.54, 1.807) is 12.1 Å². The molecular formula is C20H16F3N5O2. The molecular weight excluding hydrogens is 399 g/mol. The second kappa shape index (κ2) is 7.29. The predicted molar refractivity (Wildman–Crippen MR) is 102 cm³/mol. The molecule has 3 aromatic rings. The summed E-state index contributed by atoms with van der Waals surface area (Å²) in [6.07, 6.45) is -1.61. The molecule has 0 saturated heterocycles. The summed E-state index contributed by atoms with van der Waals surface area (Å²) >= 11 is 0. The van der Waals surface area contributed by atoms with Crippen molar-refractivity contribution in [3.8, 4) is 0 Å². The van der Waals surface area contributed by atoms with Gasteiger partial charge in [0.15, 0.2) is 5.69 Å². The number of hydrogen-bond donors (Lipinski definition) is 1. The third-order valence-electron chi connectivity index (χ3n) is 4.76. The van der Waals surface area contributed by atoms with Crippen molar-refractivity contribution in [2.75, 3.05) is 16.8 Å². The molecule has 0 bridgehead atoms. The van der Waals surface area contributed by atoms with Gasteiger partial charge in [-0.25, -0.2) is 0 Å². The van der Waals surface area contributed by atoms with Crippen LogP contribution in [0.5, 0.6) is 0 Å². The summed E-state index contributed by atoms with van der Waals surface area (Å²) < 4.78 is 40.0. The second-order valence-corrected chi connectivity index (χ2v) is 6.83. The number of rotatable bonds is 3. The van der Waals surface area contributed by atoms with E-state index in [0.717, 1.165) is 12.1 Å². The van der Waals surface area contributed by atoms with Crippen molar-refractivity contribution in [3.05, 3.63) is 71.8 Å². The smallest absolute Gasteiger partial charge is 0.317 e. The molecule has 0 aliphatic carbocycles. The summed E-state index contributed by atoms with van der Waals surface area (Å²) in [5, 5.41) is 6.83. The second-order valence-electron chi connectivity index (χ2n) is 6.83. The van der Waals surface area contributed by atoms with E-state index in [2.05, 4.69) is 15.4 Å². The maximum Gasteiger partial charge on any atom is 0.416 e. The third-order valence-corrected chi connectivity index (χ3v) is 4.76. The maximum absolute atomic E-state index is 13.1. The average Bonchev–Trinajstić information content (AvgIpc) is 3.15. The minimum atomic E-state index is -4.46. The first-order valence-corrected chi connectivity index (χ1v) is 9.04. The van der Waals surface area contributed by atoms with Gasteiger partial charge in [-0.15, -0.1) is 0 Å². The number of carbonyl (C=O) groups excluding carboxylic acids is 2. The van der Waals surface area contributed by atoms with Crippen LogP contribution in [0.15, 0.2) is 54.9 Å². The van der Waals surface area contributed by atoms with Crippen molar-refractivity contribution in [1.29, 1.82) is 0 Å². The molecule has 7 nitrogen and oxygen atoms in total. The predicted octanol–water partition coefficient (Wildman–Crippen LogP) is 3.77. The summed E-state index contributed by atoms with van der Waals surface area (Å²) in [6, 6.07) is 8.99. The summed E-state index contributed by atoms with van der Waals surface area (Å²) in [5.41, 5.74) is 0.0665. The number of alkyl halides is 3. The summed E-state index contributed by atoms with van der Waals surface area (Å²) in [7, 11) is 0. The van der Waals surface area contributed by atoms with Crippen LogP contribution in [0.4, 0.5) is 24.5 Å². The lowest BCUT2D eigenvalue weighted by Gasteiger charge is -2.32. The molecule has 2 aromatic heterocycles. The Morgan fingerprint density at radius 2 is 1.90 bits per heavy atom. The van der Waals surface area contributed by atoms with Crippen molar-refractivity contribution in [1.82, 2.24) is 14.8 Å². The Bertz CT molecular complexity index is 1090. The van der Waals surface area contributed by atoms with E-state index < -0.39 is 23.6 Å².